The van der Waals surface area contributed by atoms with Crippen LogP contribution >= 0.6 is 0 Å². The van der Waals surface area contributed by atoms with Gasteiger partial charge in [0.05, 0.1) is 5.92 Å². The first-order valence-corrected chi connectivity index (χ1v) is 8.93. The predicted octanol–water partition coefficient (Wildman–Crippen LogP) is 2.17. The first kappa shape index (κ1) is 17.3. The van der Waals surface area contributed by atoms with E-state index in [1.807, 2.05) is 48.5 Å². The number of nitrogens with zero attached hydrogens (tertiary/aromatic N) is 2. The highest BCUT2D eigenvalue weighted by Gasteiger charge is 2.41. The number of carboxylic acids is 1. The Labute approximate surface area is 157 Å². The number of amides is 2. The summed E-state index contributed by atoms with van der Waals surface area (Å²) in [7, 11) is 1.69. The van der Waals surface area contributed by atoms with Gasteiger partial charge in [0, 0.05) is 32.1 Å². The molecular formula is C21H20N2O4. The fourth-order valence-corrected chi connectivity index (χ4v) is 4.04. The molecule has 2 aromatic carbocycles. The Morgan fingerprint density at radius 3 is 2.41 bits per heavy atom. The van der Waals surface area contributed by atoms with Crippen molar-refractivity contribution in [3.8, 4) is 0 Å². The van der Waals surface area contributed by atoms with Crippen LogP contribution in [0.5, 0.6) is 0 Å². The van der Waals surface area contributed by atoms with Crippen LogP contribution in [0.2, 0.25) is 0 Å². The number of aliphatic carboxylic acids is 1. The van der Waals surface area contributed by atoms with Crippen LogP contribution in [-0.2, 0) is 27.3 Å². The molecule has 0 saturated carbocycles. The zero-order chi connectivity index (χ0) is 19.1. The summed E-state index contributed by atoms with van der Waals surface area (Å²) >= 11 is 0. The fraction of sp³-hybridized carbons (Fsp3) is 0.286. The summed E-state index contributed by atoms with van der Waals surface area (Å²) in [6.45, 7) is 0.245. The first-order chi connectivity index (χ1) is 13.0. The zero-order valence-electron chi connectivity index (χ0n) is 15.0. The van der Waals surface area contributed by atoms with Gasteiger partial charge in [0.2, 0.25) is 11.8 Å². The topological polar surface area (TPSA) is 77.9 Å². The second kappa shape index (κ2) is 6.54. The van der Waals surface area contributed by atoms with Gasteiger partial charge in [0.25, 0.3) is 0 Å². The van der Waals surface area contributed by atoms with Gasteiger partial charge in [-0.15, -0.1) is 0 Å². The molecule has 6 nitrogen and oxygen atoms in total. The second-order valence-corrected chi connectivity index (χ2v) is 7.06. The lowest BCUT2D eigenvalue weighted by molar-refractivity contribution is -0.152. The lowest BCUT2D eigenvalue weighted by atomic mass is 9.86. The van der Waals surface area contributed by atoms with Gasteiger partial charge in [-0.25, -0.2) is 4.79 Å². The number of para-hydroxylation sites is 1. The van der Waals surface area contributed by atoms with Gasteiger partial charge < -0.3 is 14.9 Å². The van der Waals surface area contributed by atoms with Crippen LogP contribution < -0.4 is 4.90 Å². The molecule has 0 spiro atoms. The van der Waals surface area contributed by atoms with Crippen molar-refractivity contribution < 1.29 is 19.5 Å². The van der Waals surface area contributed by atoms with Gasteiger partial charge >= 0.3 is 5.97 Å². The van der Waals surface area contributed by atoms with Crippen LogP contribution in [0.25, 0.3) is 0 Å². The molecule has 0 bridgehead atoms. The molecule has 2 atom stereocenters. The highest BCUT2D eigenvalue weighted by molar-refractivity contribution is 6.03. The summed E-state index contributed by atoms with van der Waals surface area (Å²) in [5.41, 5.74) is 3.38. The summed E-state index contributed by atoms with van der Waals surface area (Å²) < 4.78 is 0. The lowest BCUT2D eigenvalue weighted by Crippen LogP contribution is -2.51. The monoisotopic (exact) mass is 364 g/mol. The average molecular weight is 364 g/mol. The normalized spacial score (nSPS) is 21.4. The van der Waals surface area contributed by atoms with Gasteiger partial charge in [-0.1, -0.05) is 42.5 Å². The van der Waals surface area contributed by atoms with E-state index < -0.39 is 17.9 Å². The van der Waals surface area contributed by atoms with Crippen molar-refractivity contribution in [1.82, 2.24) is 4.90 Å². The molecule has 2 heterocycles. The molecule has 138 valence electrons. The number of anilines is 1. The van der Waals surface area contributed by atoms with E-state index in [9.17, 15) is 19.5 Å². The molecular weight excluding hydrogens is 344 g/mol. The molecule has 4 rings (SSSR count). The Kier molecular flexibility index (Phi) is 4.18. The van der Waals surface area contributed by atoms with E-state index in [-0.39, 0.29) is 31.2 Å². The zero-order valence-corrected chi connectivity index (χ0v) is 15.0. The van der Waals surface area contributed by atoms with Crippen LogP contribution in [0, 0.1) is 0 Å². The van der Waals surface area contributed by atoms with Crippen LogP contribution in [-0.4, -0.2) is 40.9 Å². The molecule has 6 heteroatoms. The van der Waals surface area contributed by atoms with Crippen LogP contribution in [0.4, 0.5) is 5.69 Å². The summed E-state index contributed by atoms with van der Waals surface area (Å²) in [5.74, 6) is -2.12. The molecule has 0 radical (unpaired) electrons. The summed E-state index contributed by atoms with van der Waals surface area (Å²) in [6, 6.07) is 14.0. The molecule has 2 aliphatic heterocycles. The molecule has 2 unspecified atom stereocenters. The highest BCUT2D eigenvalue weighted by Crippen LogP contribution is 2.37. The summed E-state index contributed by atoms with van der Waals surface area (Å²) in [4.78, 5) is 40.6. The maximum absolute atomic E-state index is 13.4. The number of carbonyl (C=O) groups excluding carboxylic acids is 2. The largest absolute Gasteiger partial charge is 0.480 e. The van der Waals surface area contributed by atoms with Crippen molar-refractivity contribution in [2.75, 3.05) is 11.9 Å². The Balaban J connectivity index is 1.72. The standard InChI is InChI=1S/C21H20N2O4/c1-22-17-9-5-4-8-15(17)16(11-19(22)24)20(25)23-12-14-7-3-2-6-13(14)10-18(23)21(26)27/h2-9,16,18H,10-12H2,1H3,(H,26,27). The Hall–Kier alpha value is -3.15. The van der Waals surface area contributed by atoms with Gasteiger partial charge in [-0.2, -0.15) is 0 Å². The maximum Gasteiger partial charge on any atom is 0.326 e. The quantitative estimate of drug-likeness (QED) is 0.886. The maximum atomic E-state index is 13.4. The van der Waals surface area contributed by atoms with E-state index in [0.29, 0.717) is 5.69 Å². The van der Waals surface area contributed by atoms with E-state index in [1.165, 1.54) is 4.90 Å². The van der Waals surface area contributed by atoms with Gasteiger partial charge in [0.1, 0.15) is 6.04 Å². The molecule has 2 aromatic rings. The van der Waals surface area contributed by atoms with Crippen molar-refractivity contribution in [1.29, 1.82) is 0 Å². The minimum absolute atomic E-state index is 0.0524. The first-order valence-electron chi connectivity index (χ1n) is 8.93. The van der Waals surface area contributed by atoms with Crippen molar-refractivity contribution >= 4 is 23.5 Å². The Morgan fingerprint density at radius 1 is 1.00 bits per heavy atom. The van der Waals surface area contributed by atoms with Crippen molar-refractivity contribution in [3.63, 3.8) is 0 Å². The minimum atomic E-state index is -1.02. The van der Waals surface area contributed by atoms with E-state index in [4.69, 9.17) is 0 Å². The molecule has 0 fully saturated rings. The molecule has 2 amide bonds. The number of rotatable bonds is 2. The predicted molar refractivity (Wildman–Crippen MR) is 99.3 cm³/mol. The third kappa shape index (κ3) is 2.87. The minimum Gasteiger partial charge on any atom is -0.480 e. The Morgan fingerprint density at radius 2 is 1.67 bits per heavy atom. The molecule has 0 saturated heterocycles. The van der Waals surface area contributed by atoms with Gasteiger partial charge in [-0.05, 0) is 22.8 Å². The number of fused-ring (bicyclic) bond motifs is 2. The average Bonchev–Trinajstić information content (AvgIpc) is 2.69. The molecule has 27 heavy (non-hydrogen) atoms. The van der Waals surface area contributed by atoms with Crippen LogP contribution in [0.15, 0.2) is 48.5 Å². The number of hydrogen-bond donors (Lipinski definition) is 1. The van der Waals surface area contributed by atoms with Crippen molar-refractivity contribution in [2.45, 2.75) is 31.3 Å². The SMILES string of the molecule is CN1C(=O)CC(C(=O)N2Cc3ccccc3CC2C(=O)O)c2ccccc21. The van der Waals surface area contributed by atoms with Gasteiger partial charge in [-0.3, -0.25) is 9.59 Å². The third-order valence-electron chi connectivity index (χ3n) is 5.54. The molecule has 0 aliphatic carbocycles. The number of benzene rings is 2. The Bertz CT molecular complexity index is 939. The van der Waals surface area contributed by atoms with E-state index >= 15 is 0 Å². The summed E-state index contributed by atoms with van der Waals surface area (Å²) in [5, 5.41) is 9.70. The van der Waals surface area contributed by atoms with Crippen molar-refractivity contribution in [3.05, 3.63) is 65.2 Å². The number of carboxylic acid groups (broad SMARTS) is 1. The lowest BCUT2D eigenvalue weighted by Gasteiger charge is -2.39. The fourth-order valence-electron chi connectivity index (χ4n) is 4.04. The van der Waals surface area contributed by atoms with Gasteiger partial charge in [0.15, 0.2) is 0 Å². The van der Waals surface area contributed by atoms with Crippen molar-refractivity contribution in [2.24, 2.45) is 0 Å². The van der Waals surface area contributed by atoms with Crippen LogP contribution in [0.1, 0.15) is 29.0 Å². The number of hydrogen-bond acceptors (Lipinski definition) is 3. The number of carbonyl (C=O) groups is 3. The third-order valence-corrected chi connectivity index (χ3v) is 5.54. The highest BCUT2D eigenvalue weighted by atomic mass is 16.4. The molecule has 2 aliphatic rings. The smallest absolute Gasteiger partial charge is 0.326 e. The molecule has 1 N–H and O–H groups in total. The van der Waals surface area contributed by atoms with E-state index in [2.05, 4.69) is 0 Å². The molecule has 0 aromatic heterocycles. The summed E-state index contributed by atoms with van der Waals surface area (Å²) in [6.07, 6.45) is 0.330. The van der Waals surface area contributed by atoms with Crippen LogP contribution in [0.3, 0.4) is 0 Å². The second-order valence-electron chi connectivity index (χ2n) is 7.06. The van der Waals surface area contributed by atoms with E-state index in [1.54, 1.807) is 11.9 Å². The van der Waals surface area contributed by atoms with E-state index in [0.717, 1.165) is 16.7 Å².